The normalized spacial score (nSPS) is 15.4. The second-order valence-electron chi connectivity index (χ2n) is 4.00. The molecule has 0 aliphatic heterocycles. The Morgan fingerprint density at radius 1 is 0.929 bits per heavy atom. The number of rotatable bonds is 9. The molecule has 1 atom stereocenters. The van der Waals surface area contributed by atoms with Crippen LogP contribution in [0.2, 0.25) is 12.1 Å². The minimum Gasteiger partial charge on any atom is -0.410 e. The van der Waals surface area contributed by atoms with Crippen molar-refractivity contribution in [1.29, 1.82) is 0 Å². The molecule has 0 radical (unpaired) electrons. The molecule has 1 nitrogen and oxygen atoms in total. The highest BCUT2D eigenvalue weighted by molar-refractivity contribution is 9.25. The summed E-state index contributed by atoms with van der Waals surface area (Å²) in [6.45, 7) is 3.02. The van der Waals surface area contributed by atoms with E-state index in [0.717, 1.165) is 0 Å². The molecule has 0 aromatic rings. The van der Waals surface area contributed by atoms with Crippen LogP contribution in [0.15, 0.2) is 0 Å². The third kappa shape index (κ3) is 7.02. The zero-order chi connectivity index (χ0) is 10.9. The maximum atomic E-state index is 5.68. The van der Waals surface area contributed by atoms with Crippen LogP contribution in [0.5, 0.6) is 0 Å². The van der Waals surface area contributed by atoms with Crippen molar-refractivity contribution in [3.8, 4) is 0 Å². The molecule has 1 unspecified atom stereocenters. The summed E-state index contributed by atoms with van der Waals surface area (Å²) in [6.07, 6.45) is 7.97. The molecule has 0 aliphatic carbocycles. The first-order valence-electron chi connectivity index (χ1n) is 5.92. The van der Waals surface area contributed by atoms with E-state index < -0.39 is 6.94 Å². The van der Waals surface area contributed by atoms with Crippen LogP contribution < -0.4 is 0 Å². The lowest BCUT2D eigenvalue weighted by molar-refractivity contribution is 0.407. The number of halogens is 1. The Bertz CT molecular complexity index is 132. The van der Waals surface area contributed by atoms with E-state index in [4.69, 9.17) is 4.43 Å². The van der Waals surface area contributed by atoms with Crippen LogP contribution in [0.4, 0.5) is 0 Å². The van der Waals surface area contributed by atoms with Crippen molar-refractivity contribution in [2.75, 3.05) is 7.11 Å². The fourth-order valence-corrected chi connectivity index (χ4v) is 5.59. The zero-order valence-electron chi connectivity index (χ0n) is 9.94. The fourth-order valence-electron chi connectivity index (χ4n) is 1.59. The molecule has 0 aliphatic rings. The molecule has 0 bridgehead atoms. The molecule has 0 spiro atoms. The van der Waals surface area contributed by atoms with E-state index in [1.807, 2.05) is 7.11 Å². The molecule has 0 N–H and O–H groups in total. The molecule has 0 heterocycles. The summed E-state index contributed by atoms with van der Waals surface area (Å²) in [7, 11) is 1.87. The highest BCUT2D eigenvalue weighted by atomic mass is 79.9. The molecular formula is C11H25BrOSi. The standard InChI is InChI=1S/C11H25BrOSi/c1-4-6-8-9-11-14(12,13-3)10-7-5-2/h4-11H2,1-3H3. The minimum absolute atomic E-state index is 1.27. The van der Waals surface area contributed by atoms with Crippen molar-refractivity contribution in [2.45, 2.75) is 64.5 Å². The van der Waals surface area contributed by atoms with Gasteiger partial charge in [-0.3, -0.25) is 0 Å². The summed E-state index contributed by atoms with van der Waals surface area (Å²) in [4.78, 5) is 0. The molecule has 0 aromatic carbocycles. The van der Waals surface area contributed by atoms with E-state index in [0.29, 0.717) is 0 Å². The third-order valence-corrected chi connectivity index (χ3v) is 8.96. The van der Waals surface area contributed by atoms with Crippen molar-refractivity contribution in [3.05, 3.63) is 0 Å². The van der Waals surface area contributed by atoms with Gasteiger partial charge in [0.05, 0.1) is 0 Å². The highest BCUT2D eigenvalue weighted by Gasteiger charge is 2.28. The molecule has 0 amide bonds. The van der Waals surface area contributed by atoms with E-state index in [2.05, 4.69) is 29.1 Å². The van der Waals surface area contributed by atoms with Crippen LogP contribution in [0, 0.1) is 0 Å². The monoisotopic (exact) mass is 280 g/mol. The smallest absolute Gasteiger partial charge is 0.263 e. The Morgan fingerprint density at radius 3 is 2.00 bits per heavy atom. The van der Waals surface area contributed by atoms with Crippen LogP contribution in [0.25, 0.3) is 0 Å². The molecular weight excluding hydrogens is 256 g/mol. The Balaban J connectivity index is 3.63. The molecule has 0 fully saturated rings. The molecule has 0 saturated heterocycles. The van der Waals surface area contributed by atoms with Crippen molar-refractivity contribution >= 4 is 22.2 Å². The predicted octanol–water partition coefficient (Wildman–Crippen LogP) is 4.85. The number of unbranched alkanes of at least 4 members (excludes halogenated alkanes) is 4. The van der Waals surface area contributed by atoms with E-state index in [9.17, 15) is 0 Å². The van der Waals surface area contributed by atoms with Gasteiger partial charge in [-0.15, -0.1) is 0 Å². The molecule has 0 rings (SSSR count). The molecule has 0 aromatic heterocycles. The average Bonchev–Trinajstić information content (AvgIpc) is 2.22. The van der Waals surface area contributed by atoms with Gasteiger partial charge in [0.25, 0.3) is 6.94 Å². The van der Waals surface area contributed by atoms with E-state index in [-0.39, 0.29) is 0 Å². The first-order valence-corrected chi connectivity index (χ1v) is 10.5. The van der Waals surface area contributed by atoms with E-state index >= 15 is 0 Å². The summed E-state index contributed by atoms with van der Waals surface area (Å²) >= 11 is 3.85. The van der Waals surface area contributed by atoms with Crippen LogP contribution >= 0.6 is 15.3 Å². The van der Waals surface area contributed by atoms with Gasteiger partial charge < -0.3 is 4.43 Å². The first-order chi connectivity index (χ1) is 6.68. The lowest BCUT2D eigenvalue weighted by Gasteiger charge is -2.22. The van der Waals surface area contributed by atoms with Crippen molar-refractivity contribution in [3.63, 3.8) is 0 Å². The van der Waals surface area contributed by atoms with Crippen molar-refractivity contribution < 1.29 is 4.43 Å². The SMILES string of the molecule is CCCCCC[Si](Br)(CCCC)OC. The third-order valence-electron chi connectivity index (χ3n) is 2.67. The van der Waals surface area contributed by atoms with Gasteiger partial charge in [-0.2, -0.15) is 0 Å². The van der Waals surface area contributed by atoms with Gasteiger partial charge in [0.2, 0.25) is 0 Å². The highest BCUT2D eigenvalue weighted by Crippen LogP contribution is 2.28. The minimum atomic E-state index is -1.48. The van der Waals surface area contributed by atoms with Gasteiger partial charge in [0, 0.05) is 7.11 Å². The molecule has 14 heavy (non-hydrogen) atoms. The van der Waals surface area contributed by atoms with E-state index in [1.165, 1.54) is 50.6 Å². The second-order valence-corrected chi connectivity index (χ2v) is 11.5. The average molecular weight is 281 g/mol. The summed E-state index contributed by atoms with van der Waals surface area (Å²) < 4.78 is 5.68. The molecule has 3 heteroatoms. The number of hydrogen-bond donors (Lipinski definition) is 0. The van der Waals surface area contributed by atoms with Crippen molar-refractivity contribution in [1.82, 2.24) is 0 Å². The lowest BCUT2D eigenvalue weighted by atomic mass is 10.2. The predicted molar refractivity (Wildman–Crippen MR) is 70.4 cm³/mol. The largest absolute Gasteiger partial charge is 0.410 e. The summed E-state index contributed by atoms with van der Waals surface area (Å²) in [5.41, 5.74) is 0. The van der Waals surface area contributed by atoms with Gasteiger partial charge in [-0.25, -0.2) is 0 Å². The van der Waals surface area contributed by atoms with Gasteiger partial charge in [-0.1, -0.05) is 67.7 Å². The quantitative estimate of drug-likeness (QED) is 0.333. The summed E-state index contributed by atoms with van der Waals surface area (Å²) in [6, 6.07) is 2.55. The number of hydrogen-bond acceptors (Lipinski definition) is 1. The second kappa shape index (κ2) is 8.92. The fraction of sp³-hybridized carbons (Fsp3) is 1.00. The van der Waals surface area contributed by atoms with Gasteiger partial charge in [0.1, 0.15) is 0 Å². The Labute approximate surface area is 98.3 Å². The molecule has 0 saturated carbocycles. The zero-order valence-corrected chi connectivity index (χ0v) is 12.5. The maximum Gasteiger partial charge on any atom is 0.263 e. The maximum absolute atomic E-state index is 5.68. The Kier molecular flexibility index (Phi) is 9.34. The van der Waals surface area contributed by atoms with Crippen LogP contribution in [0.3, 0.4) is 0 Å². The van der Waals surface area contributed by atoms with Gasteiger partial charge >= 0.3 is 0 Å². The van der Waals surface area contributed by atoms with Crippen LogP contribution in [-0.2, 0) is 4.43 Å². The Morgan fingerprint density at radius 2 is 1.50 bits per heavy atom. The molecule has 86 valence electrons. The topological polar surface area (TPSA) is 9.23 Å². The first kappa shape index (κ1) is 14.7. The van der Waals surface area contributed by atoms with Crippen LogP contribution in [-0.4, -0.2) is 14.0 Å². The van der Waals surface area contributed by atoms with Crippen LogP contribution in [0.1, 0.15) is 52.4 Å². The lowest BCUT2D eigenvalue weighted by Crippen LogP contribution is -2.28. The van der Waals surface area contributed by atoms with E-state index in [1.54, 1.807) is 0 Å². The Hall–Kier alpha value is 0.657. The summed E-state index contributed by atoms with van der Waals surface area (Å²) in [5.74, 6) is 0. The van der Waals surface area contributed by atoms with Gasteiger partial charge in [-0.05, 0) is 12.1 Å². The van der Waals surface area contributed by atoms with Crippen molar-refractivity contribution in [2.24, 2.45) is 0 Å². The van der Waals surface area contributed by atoms with Gasteiger partial charge in [0.15, 0.2) is 0 Å². The summed E-state index contributed by atoms with van der Waals surface area (Å²) in [5, 5.41) is 0.